The third-order valence-electron chi connectivity index (χ3n) is 3.91. The molecule has 0 spiro atoms. The molecule has 0 unspecified atom stereocenters. The van der Waals surface area contributed by atoms with Crippen molar-refractivity contribution in [2.45, 2.75) is 73.9 Å². The Morgan fingerprint density at radius 3 is 1.78 bits per heavy atom. The van der Waals surface area contributed by atoms with Crippen LogP contribution in [0.3, 0.4) is 0 Å². The number of nitrogens with zero attached hydrogens (tertiary/aromatic N) is 2. The molecule has 0 radical (unpaired) electrons. The highest BCUT2D eigenvalue weighted by atomic mass is 15.3. The van der Waals surface area contributed by atoms with Gasteiger partial charge >= 0.3 is 0 Å². The summed E-state index contributed by atoms with van der Waals surface area (Å²) in [6.07, 6.45) is 0. The standard InChI is InChI=1S/C16H30N2/c1-10(2)14-15(11(3)4)18(12(5)6)16(8,9)13(7)17-14/h10-12H,1-9H3. The molecule has 1 aliphatic heterocycles. The summed E-state index contributed by atoms with van der Waals surface area (Å²) in [4.78, 5) is 7.49. The van der Waals surface area contributed by atoms with Crippen LogP contribution in [0.25, 0.3) is 0 Å². The molecule has 104 valence electrons. The third-order valence-corrected chi connectivity index (χ3v) is 3.91. The largest absolute Gasteiger partial charge is 0.360 e. The van der Waals surface area contributed by atoms with Crippen molar-refractivity contribution in [1.82, 2.24) is 4.90 Å². The van der Waals surface area contributed by atoms with Crippen LogP contribution in [0.1, 0.15) is 62.3 Å². The molecule has 2 nitrogen and oxygen atoms in total. The first kappa shape index (κ1) is 15.3. The second-order valence-corrected chi connectivity index (χ2v) is 6.80. The van der Waals surface area contributed by atoms with Gasteiger partial charge in [0.05, 0.1) is 11.2 Å². The van der Waals surface area contributed by atoms with Gasteiger partial charge in [0.2, 0.25) is 0 Å². The van der Waals surface area contributed by atoms with Gasteiger partial charge in [-0.3, -0.25) is 4.99 Å². The average Bonchev–Trinajstić information content (AvgIpc) is 2.19. The summed E-state index contributed by atoms with van der Waals surface area (Å²) in [5, 5.41) is 0. The molecule has 0 saturated carbocycles. The minimum Gasteiger partial charge on any atom is -0.360 e. The Morgan fingerprint density at radius 2 is 1.44 bits per heavy atom. The van der Waals surface area contributed by atoms with E-state index in [1.807, 2.05) is 0 Å². The predicted octanol–water partition coefficient (Wildman–Crippen LogP) is 4.47. The Hall–Kier alpha value is -0.790. The van der Waals surface area contributed by atoms with Crippen molar-refractivity contribution < 1.29 is 0 Å². The summed E-state index contributed by atoms with van der Waals surface area (Å²) in [5.74, 6) is 0.996. The van der Waals surface area contributed by atoms with Crippen LogP contribution in [0.2, 0.25) is 0 Å². The molecule has 18 heavy (non-hydrogen) atoms. The highest BCUT2D eigenvalue weighted by Crippen LogP contribution is 2.37. The van der Waals surface area contributed by atoms with Gasteiger partial charge in [-0.25, -0.2) is 0 Å². The topological polar surface area (TPSA) is 15.6 Å². The molecule has 0 N–H and O–H groups in total. The third kappa shape index (κ3) is 2.48. The first-order valence-corrected chi connectivity index (χ1v) is 7.19. The molecule has 0 aromatic heterocycles. The van der Waals surface area contributed by atoms with Crippen LogP contribution in [-0.2, 0) is 0 Å². The summed E-state index contributed by atoms with van der Waals surface area (Å²) in [7, 11) is 0. The van der Waals surface area contributed by atoms with E-state index in [1.54, 1.807) is 0 Å². The van der Waals surface area contributed by atoms with Crippen molar-refractivity contribution in [1.29, 1.82) is 0 Å². The zero-order valence-electron chi connectivity index (χ0n) is 13.6. The fourth-order valence-electron chi connectivity index (χ4n) is 2.90. The van der Waals surface area contributed by atoms with Crippen molar-refractivity contribution in [3.63, 3.8) is 0 Å². The monoisotopic (exact) mass is 250 g/mol. The second-order valence-electron chi connectivity index (χ2n) is 6.80. The summed E-state index contributed by atoms with van der Waals surface area (Å²) >= 11 is 0. The maximum Gasteiger partial charge on any atom is 0.0726 e. The molecule has 1 aliphatic rings. The molecule has 0 fully saturated rings. The van der Waals surface area contributed by atoms with E-state index >= 15 is 0 Å². The molecular weight excluding hydrogens is 220 g/mol. The Balaban J connectivity index is 3.48. The number of allylic oxidation sites excluding steroid dienone is 2. The normalized spacial score (nSPS) is 20.2. The SMILES string of the molecule is CC1=NC(C(C)C)=C(C(C)C)N(C(C)C)C1(C)C. The Kier molecular flexibility index (Phi) is 4.30. The molecule has 0 amide bonds. The molecule has 1 rings (SSSR count). The number of hydrogen-bond donors (Lipinski definition) is 0. The maximum absolute atomic E-state index is 4.92. The van der Waals surface area contributed by atoms with E-state index in [4.69, 9.17) is 4.99 Å². The maximum atomic E-state index is 4.92. The Bertz CT molecular complexity index is 371. The number of rotatable bonds is 3. The van der Waals surface area contributed by atoms with Gasteiger partial charge in [0.1, 0.15) is 0 Å². The van der Waals surface area contributed by atoms with E-state index in [9.17, 15) is 0 Å². The van der Waals surface area contributed by atoms with E-state index in [0.717, 1.165) is 0 Å². The lowest BCUT2D eigenvalue weighted by Gasteiger charge is -2.49. The van der Waals surface area contributed by atoms with Crippen molar-refractivity contribution in [3.8, 4) is 0 Å². The van der Waals surface area contributed by atoms with Gasteiger partial charge in [-0.2, -0.15) is 0 Å². The van der Waals surface area contributed by atoms with E-state index in [2.05, 4.69) is 67.2 Å². The molecule has 0 aromatic carbocycles. The van der Waals surface area contributed by atoms with Crippen LogP contribution < -0.4 is 0 Å². The van der Waals surface area contributed by atoms with Crippen LogP contribution >= 0.6 is 0 Å². The quantitative estimate of drug-likeness (QED) is 0.721. The van der Waals surface area contributed by atoms with E-state index in [0.29, 0.717) is 17.9 Å². The fourth-order valence-corrected chi connectivity index (χ4v) is 2.90. The summed E-state index contributed by atoms with van der Waals surface area (Å²) in [6.45, 7) is 20.3. The van der Waals surface area contributed by atoms with Gasteiger partial charge in [-0.15, -0.1) is 0 Å². The highest BCUT2D eigenvalue weighted by molar-refractivity contribution is 5.92. The first-order valence-electron chi connectivity index (χ1n) is 7.19. The molecule has 0 aromatic rings. The van der Waals surface area contributed by atoms with Crippen molar-refractivity contribution in [2.75, 3.05) is 0 Å². The summed E-state index contributed by atoms with van der Waals surface area (Å²) in [5.41, 5.74) is 3.95. The molecule has 0 bridgehead atoms. The summed E-state index contributed by atoms with van der Waals surface area (Å²) in [6, 6.07) is 0.497. The van der Waals surface area contributed by atoms with Gasteiger partial charge in [0.15, 0.2) is 0 Å². The zero-order valence-corrected chi connectivity index (χ0v) is 13.6. The molecule has 0 atom stereocenters. The highest BCUT2D eigenvalue weighted by Gasteiger charge is 2.39. The van der Waals surface area contributed by atoms with E-state index in [1.165, 1.54) is 17.1 Å². The van der Waals surface area contributed by atoms with E-state index < -0.39 is 0 Å². The van der Waals surface area contributed by atoms with Crippen molar-refractivity contribution >= 4 is 5.71 Å². The molecule has 0 aliphatic carbocycles. The predicted molar refractivity (Wildman–Crippen MR) is 80.9 cm³/mol. The van der Waals surface area contributed by atoms with Crippen LogP contribution in [0, 0.1) is 11.8 Å². The second kappa shape index (κ2) is 5.07. The Morgan fingerprint density at radius 1 is 0.944 bits per heavy atom. The minimum absolute atomic E-state index is 0.0200. The lowest BCUT2D eigenvalue weighted by molar-refractivity contribution is 0.158. The Labute approximate surface area is 113 Å². The summed E-state index contributed by atoms with van der Waals surface area (Å²) < 4.78 is 0. The minimum atomic E-state index is 0.0200. The average molecular weight is 250 g/mol. The molecule has 0 saturated heterocycles. The van der Waals surface area contributed by atoms with Crippen molar-refractivity contribution in [2.24, 2.45) is 16.8 Å². The van der Waals surface area contributed by atoms with Gasteiger partial charge < -0.3 is 4.90 Å². The smallest absolute Gasteiger partial charge is 0.0726 e. The van der Waals surface area contributed by atoms with Gasteiger partial charge in [-0.1, -0.05) is 27.7 Å². The van der Waals surface area contributed by atoms with Crippen molar-refractivity contribution in [3.05, 3.63) is 11.4 Å². The van der Waals surface area contributed by atoms with Crippen LogP contribution in [-0.4, -0.2) is 22.2 Å². The lowest BCUT2D eigenvalue weighted by atomic mass is 9.87. The van der Waals surface area contributed by atoms with Crippen LogP contribution in [0.5, 0.6) is 0 Å². The number of hydrogen-bond acceptors (Lipinski definition) is 2. The molecule has 2 heteroatoms. The number of aliphatic imine (C=N–C) groups is 1. The van der Waals surface area contributed by atoms with Gasteiger partial charge in [0.25, 0.3) is 0 Å². The van der Waals surface area contributed by atoms with Gasteiger partial charge in [0, 0.05) is 17.5 Å². The first-order chi connectivity index (χ1) is 8.10. The van der Waals surface area contributed by atoms with Gasteiger partial charge in [-0.05, 0) is 46.5 Å². The fraction of sp³-hybridized carbons (Fsp3) is 0.812. The van der Waals surface area contributed by atoms with Crippen LogP contribution in [0.4, 0.5) is 0 Å². The molecule has 1 heterocycles. The van der Waals surface area contributed by atoms with E-state index in [-0.39, 0.29) is 5.54 Å². The zero-order chi connectivity index (χ0) is 14.2. The lowest BCUT2D eigenvalue weighted by Crippen LogP contribution is -2.55. The molecular formula is C16H30N2. The van der Waals surface area contributed by atoms with Crippen LogP contribution in [0.15, 0.2) is 16.4 Å².